The lowest BCUT2D eigenvalue weighted by Gasteiger charge is -2.42. The van der Waals surface area contributed by atoms with E-state index in [1.807, 2.05) is 0 Å². The minimum Gasteiger partial charge on any atom is -0.381 e. The first-order chi connectivity index (χ1) is 14.6. The summed E-state index contributed by atoms with van der Waals surface area (Å²) in [7, 11) is 0. The standard InChI is InChI=1S/C23H34Cl2FN3O2/c1-15-14-28(12-13-29(15)19-9-8-18(26)20(24)21(19)25)11-10-16-4-6-17(7-5-16)27-22(30)23(2,3)31/h8-9,15-17,31H,4-7,10-14H2,1-3H3,(H,27,30)/t15-,16-,17-/m1/s1. The largest absolute Gasteiger partial charge is 0.381 e. The first-order valence-corrected chi connectivity index (χ1v) is 12.0. The van der Waals surface area contributed by atoms with Crippen molar-refractivity contribution in [1.82, 2.24) is 10.2 Å². The maximum atomic E-state index is 13.6. The second-order valence-electron chi connectivity index (χ2n) is 9.58. The predicted octanol–water partition coefficient (Wildman–Crippen LogP) is 4.48. The van der Waals surface area contributed by atoms with E-state index in [9.17, 15) is 14.3 Å². The van der Waals surface area contributed by atoms with Gasteiger partial charge in [-0.3, -0.25) is 9.69 Å². The van der Waals surface area contributed by atoms with E-state index in [4.69, 9.17) is 23.2 Å². The molecule has 31 heavy (non-hydrogen) atoms. The van der Waals surface area contributed by atoms with Crippen LogP contribution in [0.3, 0.4) is 0 Å². The summed E-state index contributed by atoms with van der Waals surface area (Å²) in [6, 6.07) is 3.53. The lowest BCUT2D eigenvalue weighted by atomic mass is 9.83. The highest BCUT2D eigenvalue weighted by Gasteiger charge is 2.30. The summed E-state index contributed by atoms with van der Waals surface area (Å²) < 4.78 is 13.6. The fourth-order valence-electron chi connectivity index (χ4n) is 4.65. The molecule has 174 valence electrons. The minimum absolute atomic E-state index is 0.0110. The number of anilines is 1. The molecular weight excluding hydrogens is 440 g/mol. The molecule has 1 aliphatic heterocycles. The Morgan fingerprint density at radius 3 is 2.48 bits per heavy atom. The van der Waals surface area contributed by atoms with Gasteiger partial charge in [0.2, 0.25) is 0 Å². The van der Waals surface area contributed by atoms with Crippen LogP contribution in [0, 0.1) is 11.7 Å². The molecule has 0 aromatic heterocycles. The van der Waals surface area contributed by atoms with Crippen molar-refractivity contribution in [3.05, 3.63) is 28.0 Å². The van der Waals surface area contributed by atoms with Gasteiger partial charge in [0, 0.05) is 31.7 Å². The molecule has 1 atom stereocenters. The maximum absolute atomic E-state index is 13.6. The fourth-order valence-corrected chi connectivity index (χ4v) is 5.08. The number of carbonyl (C=O) groups is 1. The van der Waals surface area contributed by atoms with Gasteiger partial charge in [0.25, 0.3) is 5.91 Å². The molecule has 1 amide bonds. The van der Waals surface area contributed by atoms with Gasteiger partial charge in [-0.25, -0.2) is 4.39 Å². The number of rotatable bonds is 6. The second-order valence-corrected chi connectivity index (χ2v) is 10.3. The van der Waals surface area contributed by atoms with Gasteiger partial charge < -0.3 is 15.3 Å². The van der Waals surface area contributed by atoms with Crippen molar-refractivity contribution in [2.45, 2.75) is 70.6 Å². The van der Waals surface area contributed by atoms with Gasteiger partial charge in [0.1, 0.15) is 11.4 Å². The third-order valence-electron chi connectivity index (χ3n) is 6.63. The molecule has 8 heteroatoms. The Hall–Kier alpha value is -1.08. The Balaban J connectivity index is 1.43. The molecular formula is C23H34Cl2FN3O2. The average Bonchev–Trinajstić information content (AvgIpc) is 2.72. The summed E-state index contributed by atoms with van der Waals surface area (Å²) in [5, 5.41) is 13.1. The van der Waals surface area contributed by atoms with Crippen LogP contribution in [0.25, 0.3) is 0 Å². The molecule has 0 radical (unpaired) electrons. The summed E-state index contributed by atoms with van der Waals surface area (Å²) in [4.78, 5) is 16.7. The third-order valence-corrected chi connectivity index (χ3v) is 7.48. The molecule has 2 aliphatic rings. The van der Waals surface area contributed by atoms with Crippen LogP contribution in [0.2, 0.25) is 10.0 Å². The number of hydrogen-bond donors (Lipinski definition) is 2. The zero-order valence-electron chi connectivity index (χ0n) is 18.6. The Kier molecular flexibility index (Phi) is 8.11. The summed E-state index contributed by atoms with van der Waals surface area (Å²) in [5.74, 6) is -0.101. The van der Waals surface area contributed by atoms with E-state index < -0.39 is 11.4 Å². The second kappa shape index (κ2) is 10.2. The fraction of sp³-hybridized carbons (Fsp3) is 0.696. The quantitative estimate of drug-likeness (QED) is 0.598. The van der Waals surface area contributed by atoms with Gasteiger partial charge >= 0.3 is 0 Å². The normalized spacial score (nSPS) is 25.5. The van der Waals surface area contributed by atoms with E-state index in [0.717, 1.165) is 64.0 Å². The first kappa shape index (κ1) is 24.6. The molecule has 3 rings (SSSR count). The number of amides is 1. The molecule has 2 N–H and O–H groups in total. The van der Waals surface area contributed by atoms with Gasteiger partial charge in [-0.05, 0) is 77.5 Å². The van der Waals surface area contributed by atoms with E-state index in [-0.39, 0.29) is 28.0 Å². The van der Waals surface area contributed by atoms with Crippen molar-refractivity contribution in [2.75, 3.05) is 31.1 Å². The molecule has 5 nitrogen and oxygen atoms in total. The smallest absolute Gasteiger partial charge is 0.251 e. The zero-order valence-corrected chi connectivity index (χ0v) is 20.1. The molecule has 1 heterocycles. The predicted molar refractivity (Wildman–Crippen MR) is 124 cm³/mol. The third kappa shape index (κ3) is 6.25. The minimum atomic E-state index is -1.32. The van der Waals surface area contributed by atoms with E-state index in [1.165, 1.54) is 19.9 Å². The van der Waals surface area contributed by atoms with E-state index in [2.05, 4.69) is 22.0 Å². The summed E-state index contributed by atoms with van der Waals surface area (Å²) in [6.45, 7) is 8.96. The van der Waals surface area contributed by atoms with Crippen molar-refractivity contribution in [3.63, 3.8) is 0 Å². The lowest BCUT2D eigenvalue weighted by Crippen LogP contribution is -2.52. The number of halogens is 3. The van der Waals surface area contributed by atoms with Crippen LogP contribution in [0.1, 0.15) is 52.9 Å². The first-order valence-electron chi connectivity index (χ1n) is 11.2. The number of carbonyl (C=O) groups excluding carboxylic acids is 1. The lowest BCUT2D eigenvalue weighted by molar-refractivity contribution is -0.137. The van der Waals surface area contributed by atoms with E-state index >= 15 is 0 Å². The van der Waals surface area contributed by atoms with Crippen molar-refractivity contribution in [2.24, 2.45) is 5.92 Å². The van der Waals surface area contributed by atoms with Crippen LogP contribution < -0.4 is 10.2 Å². The molecule has 1 aromatic carbocycles. The number of hydrogen-bond acceptors (Lipinski definition) is 4. The van der Waals surface area contributed by atoms with Crippen LogP contribution >= 0.6 is 23.2 Å². The summed E-state index contributed by atoms with van der Waals surface area (Å²) in [5.41, 5.74) is -0.522. The Morgan fingerprint density at radius 2 is 1.87 bits per heavy atom. The van der Waals surface area contributed by atoms with Gasteiger partial charge in [-0.2, -0.15) is 0 Å². The summed E-state index contributed by atoms with van der Waals surface area (Å²) >= 11 is 12.3. The van der Waals surface area contributed by atoms with Crippen molar-refractivity contribution >= 4 is 34.8 Å². The molecule has 0 bridgehead atoms. The van der Waals surface area contributed by atoms with Gasteiger partial charge in [-0.15, -0.1) is 0 Å². The van der Waals surface area contributed by atoms with E-state index in [0.29, 0.717) is 5.92 Å². The highest BCUT2D eigenvalue weighted by atomic mass is 35.5. The Bertz CT molecular complexity index is 779. The Morgan fingerprint density at radius 1 is 1.19 bits per heavy atom. The number of benzene rings is 1. The maximum Gasteiger partial charge on any atom is 0.251 e. The topological polar surface area (TPSA) is 55.8 Å². The summed E-state index contributed by atoms with van der Waals surface area (Å²) in [6.07, 6.45) is 5.31. The van der Waals surface area contributed by atoms with Crippen LogP contribution in [0.4, 0.5) is 10.1 Å². The molecule has 1 aliphatic carbocycles. The molecule has 0 spiro atoms. The zero-order chi connectivity index (χ0) is 22.8. The van der Waals surface area contributed by atoms with Gasteiger partial charge in [0.15, 0.2) is 0 Å². The molecule has 1 saturated carbocycles. The number of nitrogens with zero attached hydrogens (tertiary/aromatic N) is 2. The monoisotopic (exact) mass is 473 g/mol. The van der Waals surface area contributed by atoms with Crippen molar-refractivity contribution < 1.29 is 14.3 Å². The molecule has 1 aromatic rings. The van der Waals surface area contributed by atoms with Gasteiger partial charge in [0.05, 0.1) is 15.7 Å². The van der Waals surface area contributed by atoms with Crippen molar-refractivity contribution in [3.8, 4) is 0 Å². The van der Waals surface area contributed by atoms with Crippen molar-refractivity contribution in [1.29, 1.82) is 0 Å². The molecule has 1 saturated heterocycles. The van der Waals surface area contributed by atoms with E-state index in [1.54, 1.807) is 6.07 Å². The van der Waals surface area contributed by atoms with Crippen LogP contribution in [0.5, 0.6) is 0 Å². The van der Waals surface area contributed by atoms with Crippen LogP contribution in [0.15, 0.2) is 12.1 Å². The van der Waals surface area contributed by atoms with Crippen LogP contribution in [-0.4, -0.2) is 59.8 Å². The molecule has 2 fully saturated rings. The van der Waals surface area contributed by atoms with Crippen LogP contribution in [-0.2, 0) is 4.79 Å². The highest BCUT2D eigenvalue weighted by molar-refractivity contribution is 6.43. The SMILES string of the molecule is C[C@@H]1CN(CC[C@H]2CC[C@H](NC(=O)C(C)(C)O)CC2)CCN1c1ccc(F)c(Cl)c1Cl. The number of aliphatic hydroxyl groups is 1. The highest BCUT2D eigenvalue weighted by Crippen LogP contribution is 2.36. The van der Waals surface area contributed by atoms with Gasteiger partial charge in [-0.1, -0.05) is 23.2 Å². The molecule has 0 unspecified atom stereocenters. The average molecular weight is 474 g/mol. The number of piperazine rings is 1. The number of nitrogens with one attached hydrogen (secondary N) is 1. The Labute approximate surface area is 194 Å².